The maximum atomic E-state index is 5.18. The van der Waals surface area contributed by atoms with E-state index in [0.29, 0.717) is 12.5 Å². The van der Waals surface area contributed by atoms with Crippen LogP contribution in [0.5, 0.6) is 0 Å². The molecule has 1 N–H and O–H groups in total. The van der Waals surface area contributed by atoms with Crippen LogP contribution in [-0.4, -0.2) is 38.3 Å². The zero-order valence-electron chi connectivity index (χ0n) is 13.9. The number of ether oxygens (including phenoxy) is 1. The number of aromatic nitrogens is 1. The highest BCUT2D eigenvalue weighted by Crippen LogP contribution is 2.15. The van der Waals surface area contributed by atoms with Gasteiger partial charge in [0.2, 0.25) is 0 Å². The van der Waals surface area contributed by atoms with Crippen molar-refractivity contribution in [3.05, 3.63) is 36.0 Å². The Morgan fingerprint density at radius 2 is 2.19 bits per heavy atom. The highest BCUT2D eigenvalue weighted by molar-refractivity contribution is 5.43. The summed E-state index contributed by atoms with van der Waals surface area (Å²) in [7, 11) is 1.72. The third-order valence-electron chi connectivity index (χ3n) is 3.12. The van der Waals surface area contributed by atoms with Gasteiger partial charge in [-0.3, -0.25) is 0 Å². The van der Waals surface area contributed by atoms with Crippen LogP contribution in [-0.2, 0) is 11.3 Å². The molecule has 0 bridgehead atoms. The predicted molar refractivity (Wildman–Crippen MR) is 89.8 cm³/mol. The molecule has 0 saturated carbocycles. The Hall–Kier alpha value is -1.39. The number of nitrogens with zero attached hydrogens (tertiary/aromatic N) is 2. The average molecular weight is 291 g/mol. The Morgan fingerprint density at radius 1 is 1.43 bits per heavy atom. The van der Waals surface area contributed by atoms with E-state index in [2.05, 4.69) is 47.8 Å². The molecule has 0 amide bonds. The summed E-state index contributed by atoms with van der Waals surface area (Å²) in [4.78, 5) is 6.83. The molecule has 1 aromatic rings. The quantitative estimate of drug-likeness (QED) is 0.673. The van der Waals surface area contributed by atoms with Gasteiger partial charge in [-0.25, -0.2) is 4.98 Å². The van der Waals surface area contributed by atoms with Gasteiger partial charge in [-0.1, -0.05) is 19.9 Å². The molecule has 0 atom stereocenters. The van der Waals surface area contributed by atoms with Crippen LogP contribution in [0.1, 0.15) is 25.1 Å². The Balaban J connectivity index is 2.79. The number of aryl methyl sites for hydroxylation is 1. The van der Waals surface area contributed by atoms with Crippen LogP contribution in [0, 0.1) is 12.8 Å². The lowest BCUT2D eigenvalue weighted by Gasteiger charge is -2.23. The van der Waals surface area contributed by atoms with E-state index in [1.165, 1.54) is 5.56 Å². The Bertz CT molecular complexity index is 432. The summed E-state index contributed by atoms with van der Waals surface area (Å²) in [5, 5.41) is 3.48. The Morgan fingerprint density at radius 3 is 2.81 bits per heavy atom. The fourth-order valence-electron chi connectivity index (χ4n) is 2.15. The van der Waals surface area contributed by atoms with Crippen LogP contribution in [0.3, 0.4) is 0 Å². The number of anilines is 1. The van der Waals surface area contributed by atoms with E-state index in [0.717, 1.165) is 37.7 Å². The van der Waals surface area contributed by atoms with Gasteiger partial charge in [-0.15, -0.1) is 6.58 Å². The van der Waals surface area contributed by atoms with Gasteiger partial charge in [0.05, 0.1) is 6.61 Å². The van der Waals surface area contributed by atoms with Crippen molar-refractivity contribution in [1.29, 1.82) is 0 Å². The van der Waals surface area contributed by atoms with Crippen molar-refractivity contribution in [2.45, 2.75) is 27.3 Å². The number of hydrogen-bond acceptors (Lipinski definition) is 4. The van der Waals surface area contributed by atoms with Crippen LogP contribution in [0.4, 0.5) is 5.82 Å². The molecule has 0 aliphatic heterocycles. The normalized spacial score (nSPS) is 10.9. The lowest BCUT2D eigenvalue weighted by atomic mass is 10.2. The summed E-state index contributed by atoms with van der Waals surface area (Å²) < 4.78 is 5.18. The molecule has 4 nitrogen and oxygen atoms in total. The highest BCUT2D eigenvalue weighted by Gasteiger charge is 2.08. The highest BCUT2D eigenvalue weighted by atomic mass is 16.5. The van der Waals surface area contributed by atoms with Gasteiger partial charge < -0.3 is 15.0 Å². The first-order chi connectivity index (χ1) is 10.1. The number of rotatable bonds is 10. The van der Waals surface area contributed by atoms with Gasteiger partial charge >= 0.3 is 0 Å². The van der Waals surface area contributed by atoms with Crippen LogP contribution in [0.2, 0.25) is 0 Å². The van der Waals surface area contributed by atoms with Crippen molar-refractivity contribution in [1.82, 2.24) is 10.3 Å². The fraction of sp³-hybridized carbons (Fsp3) is 0.588. The monoisotopic (exact) mass is 291 g/mol. The van der Waals surface area contributed by atoms with Crippen molar-refractivity contribution in [3.63, 3.8) is 0 Å². The van der Waals surface area contributed by atoms with Gasteiger partial charge in [-0.05, 0) is 37.1 Å². The van der Waals surface area contributed by atoms with Crippen LogP contribution < -0.4 is 10.2 Å². The second kappa shape index (κ2) is 9.53. The van der Waals surface area contributed by atoms with Gasteiger partial charge in [-0.2, -0.15) is 0 Å². The van der Waals surface area contributed by atoms with Crippen molar-refractivity contribution in [2.24, 2.45) is 5.92 Å². The summed E-state index contributed by atoms with van der Waals surface area (Å²) in [5.41, 5.74) is 2.31. The van der Waals surface area contributed by atoms with E-state index < -0.39 is 0 Å². The van der Waals surface area contributed by atoms with Crippen LogP contribution in [0.25, 0.3) is 0 Å². The molecule has 1 rings (SSSR count). The minimum Gasteiger partial charge on any atom is -0.383 e. The molecule has 118 valence electrons. The number of methoxy groups -OCH3 is 1. The second-order valence-electron chi connectivity index (χ2n) is 5.73. The third kappa shape index (κ3) is 6.74. The lowest BCUT2D eigenvalue weighted by molar-refractivity contribution is 0.205. The van der Waals surface area contributed by atoms with Crippen molar-refractivity contribution in [2.75, 3.05) is 38.3 Å². The van der Waals surface area contributed by atoms with E-state index in [-0.39, 0.29) is 0 Å². The maximum absolute atomic E-state index is 5.18. The molecule has 1 heterocycles. The summed E-state index contributed by atoms with van der Waals surface area (Å²) in [6.07, 6.45) is 1.90. The molecular formula is C17H29N3O. The lowest BCUT2D eigenvalue weighted by Crippen LogP contribution is -2.28. The van der Waals surface area contributed by atoms with Crippen LogP contribution >= 0.6 is 0 Å². The minimum atomic E-state index is 0.659. The molecule has 21 heavy (non-hydrogen) atoms. The molecule has 0 saturated heterocycles. The molecule has 4 heteroatoms. The van der Waals surface area contributed by atoms with Gasteiger partial charge in [0.15, 0.2) is 0 Å². The molecule has 0 aromatic carbocycles. The minimum absolute atomic E-state index is 0.659. The second-order valence-corrected chi connectivity index (χ2v) is 5.73. The van der Waals surface area contributed by atoms with E-state index in [4.69, 9.17) is 4.74 Å². The Kier molecular flexibility index (Phi) is 8.01. The zero-order chi connectivity index (χ0) is 15.7. The molecule has 1 aromatic heterocycles. The van der Waals surface area contributed by atoms with E-state index in [9.17, 15) is 0 Å². The summed E-state index contributed by atoms with van der Waals surface area (Å²) in [5.74, 6) is 1.65. The number of hydrogen-bond donors (Lipinski definition) is 1. The van der Waals surface area contributed by atoms with Crippen LogP contribution in [0.15, 0.2) is 24.8 Å². The molecule has 0 aliphatic rings. The third-order valence-corrected chi connectivity index (χ3v) is 3.12. The summed E-state index contributed by atoms with van der Waals surface area (Å²) in [6.45, 7) is 14.5. The molecule has 0 spiro atoms. The predicted octanol–water partition coefficient (Wildman–Crippen LogP) is 2.77. The first-order valence-corrected chi connectivity index (χ1v) is 7.60. The standard InChI is InChI=1S/C17H29N3O/c1-6-7-20(8-9-21-5)17-11-16(10-15(4)19-17)13-18-12-14(2)3/h6,10-11,14,18H,1,7-9,12-13H2,2-5H3. The molecular weight excluding hydrogens is 262 g/mol. The smallest absolute Gasteiger partial charge is 0.129 e. The van der Waals surface area contributed by atoms with E-state index in [1.807, 2.05) is 13.0 Å². The topological polar surface area (TPSA) is 37.4 Å². The van der Waals surface area contributed by atoms with Gasteiger partial charge in [0.1, 0.15) is 5.82 Å². The van der Waals surface area contributed by atoms with Gasteiger partial charge in [0.25, 0.3) is 0 Å². The van der Waals surface area contributed by atoms with E-state index in [1.54, 1.807) is 7.11 Å². The fourth-order valence-corrected chi connectivity index (χ4v) is 2.15. The van der Waals surface area contributed by atoms with Crippen molar-refractivity contribution < 1.29 is 4.74 Å². The maximum Gasteiger partial charge on any atom is 0.129 e. The molecule has 0 unspecified atom stereocenters. The van der Waals surface area contributed by atoms with Crippen molar-refractivity contribution >= 4 is 5.82 Å². The molecule has 0 fully saturated rings. The summed E-state index contributed by atoms with van der Waals surface area (Å²) in [6, 6.07) is 4.29. The average Bonchev–Trinajstić information content (AvgIpc) is 2.42. The number of pyridine rings is 1. The molecule has 0 radical (unpaired) electrons. The first-order valence-electron chi connectivity index (χ1n) is 7.60. The zero-order valence-corrected chi connectivity index (χ0v) is 13.9. The van der Waals surface area contributed by atoms with E-state index >= 15 is 0 Å². The number of nitrogens with one attached hydrogen (secondary N) is 1. The Labute approximate surface area is 129 Å². The molecule has 0 aliphatic carbocycles. The SMILES string of the molecule is C=CCN(CCOC)c1cc(CNCC(C)C)cc(C)n1. The van der Waals surface area contributed by atoms with Crippen molar-refractivity contribution in [3.8, 4) is 0 Å². The van der Waals surface area contributed by atoms with Gasteiger partial charge in [0, 0.05) is 32.4 Å². The first kappa shape index (κ1) is 17.7. The largest absolute Gasteiger partial charge is 0.383 e. The summed E-state index contributed by atoms with van der Waals surface area (Å²) >= 11 is 0.